The molecule has 0 aliphatic heterocycles. The number of aryl methyl sites for hydroxylation is 2. The molecule has 1 aliphatic carbocycles. The fourth-order valence-electron chi connectivity index (χ4n) is 4.45. The molecule has 0 saturated heterocycles. The minimum Gasteiger partial charge on any atom is -0.436 e. The Morgan fingerprint density at radius 2 is 1.84 bits per heavy atom. The van der Waals surface area contributed by atoms with Crippen LogP contribution in [0.15, 0.2) is 35.1 Å². The second-order valence-electron chi connectivity index (χ2n) is 8.99. The summed E-state index contributed by atoms with van der Waals surface area (Å²) in [5, 5.41) is 3.03. The van der Waals surface area contributed by atoms with E-state index in [1.54, 1.807) is 13.8 Å². The summed E-state index contributed by atoms with van der Waals surface area (Å²) in [6.45, 7) is 8.46. The van der Waals surface area contributed by atoms with Crippen molar-refractivity contribution in [2.75, 3.05) is 6.54 Å². The van der Waals surface area contributed by atoms with Crippen LogP contribution in [0, 0.1) is 19.8 Å². The Morgan fingerprint density at radius 3 is 2.47 bits per heavy atom. The third kappa shape index (κ3) is 4.87. The average Bonchev–Trinajstić information content (AvgIpc) is 3.16. The van der Waals surface area contributed by atoms with E-state index in [4.69, 9.17) is 9.40 Å². The molecule has 1 amide bonds. The fraction of sp³-hybridized carbons (Fsp3) is 0.480. The van der Waals surface area contributed by atoms with Gasteiger partial charge in [0.25, 0.3) is 5.91 Å². The maximum atomic E-state index is 12.4. The molecule has 168 valence electrons. The molecule has 3 aromatic heterocycles. The summed E-state index contributed by atoms with van der Waals surface area (Å²) in [4.78, 5) is 30.4. The third-order valence-corrected chi connectivity index (χ3v) is 6.24. The first-order valence-corrected chi connectivity index (χ1v) is 11.4. The summed E-state index contributed by atoms with van der Waals surface area (Å²) in [7, 11) is 0. The Labute approximate surface area is 189 Å². The zero-order valence-electron chi connectivity index (χ0n) is 19.3. The molecule has 1 aliphatic rings. The highest BCUT2D eigenvalue weighted by Crippen LogP contribution is 2.39. The van der Waals surface area contributed by atoms with E-state index >= 15 is 0 Å². The van der Waals surface area contributed by atoms with Gasteiger partial charge in [-0.05, 0) is 56.2 Å². The van der Waals surface area contributed by atoms with Gasteiger partial charge in [0.2, 0.25) is 5.76 Å². The first kappa shape index (κ1) is 22.1. The number of aromatic nitrogens is 4. The molecule has 32 heavy (non-hydrogen) atoms. The monoisotopic (exact) mass is 433 g/mol. The zero-order chi connectivity index (χ0) is 22.7. The van der Waals surface area contributed by atoms with E-state index in [9.17, 15) is 4.79 Å². The Kier molecular flexibility index (Phi) is 6.63. The molecule has 7 nitrogen and oxygen atoms in total. The van der Waals surface area contributed by atoms with Crippen LogP contribution < -0.4 is 5.32 Å². The van der Waals surface area contributed by atoms with Gasteiger partial charge in [-0.15, -0.1) is 0 Å². The minimum atomic E-state index is -0.178. The van der Waals surface area contributed by atoms with Crippen LogP contribution in [0.3, 0.4) is 0 Å². The van der Waals surface area contributed by atoms with E-state index in [1.165, 1.54) is 0 Å². The lowest BCUT2D eigenvalue weighted by Gasteiger charge is -2.29. The molecule has 3 aromatic rings. The topological polar surface area (TPSA) is 93.8 Å². The largest absolute Gasteiger partial charge is 0.436 e. The van der Waals surface area contributed by atoms with Crippen molar-refractivity contribution in [1.82, 2.24) is 25.3 Å². The fourth-order valence-corrected chi connectivity index (χ4v) is 4.45. The number of carbonyl (C=O) groups is 1. The predicted octanol–water partition coefficient (Wildman–Crippen LogP) is 4.97. The highest BCUT2D eigenvalue weighted by atomic mass is 16.4. The zero-order valence-corrected chi connectivity index (χ0v) is 19.3. The Bertz CT molecular complexity index is 1070. The second-order valence-corrected chi connectivity index (χ2v) is 8.99. The number of oxazole rings is 1. The molecule has 1 fully saturated rings. The van der Waals surface area contributed by atoms with Crippen LogP contribution in [0.5, 0.6) is 0 Å². The SMILES string of the molecule is Cc1nc(C)c(C(=O)NCC2CCC(c3nc(C(C)C)ncc3-c3ccncc3)CC2)o1. The molecule has 3 heterocycles. The summed E-state index contributed by atoms with van der Waals surface area (Å²) in [6.07, 6.45) is 9.80. The number of hydrogen-bond donors (Lipinski definition) is 1. The van der Waals surface area contributed by atoms with Crippen LogP contribution in [-0.2, 0) is 0 Å². The Hall–Kier alpha value is -3.09. The van der Waals surface area contributed by atoms with E-state index in [-0.39, 0.29) is 11.8 Å². The summed E-state index contributed by atoms with van der Waals surface area (Å²) >= 11 is 0. The lowest BCUT2D eigenvalue weighted by atomic mass is 9.79. The molecule has 1 saturated carbocycles. The predicted molar refractivity (Wildman–Crippen MR) is 122 cm³/mol. The van der Waals surface area contributed by atoms with E-state index in [1.807, 2.05) is 30.7 Å². The third-order valence-electron chi connectivity index (χ3n) is 6.24. The number of carbonyl (C=O) groups excluding carboxylic acids is 1. The van der Waals surface area contributed by atoms with E-state index in [2.05, 4.69) is 34.1 Å². The van der Waals surface area contributed by atoms with Gasteiger partial charge in [-0.1, -0.05) is 13.8 Å². The van der Waals surface area contributed by atoms with Gasteiger partial charge in [0.05, 0.1) is 11.4 Å². The number of amides is 1. The first-order chi connectivity index (χ1) is 15.4. The van der Waals surface area contributed by atoms with E-state index < -0.39 is 0 Å². The Morgan fingerprint density at radius 1 is 1.12 bits per heavy atom. The quantitative estimate of drug-likeness (QED) is 0.590. The highest BCUT2D eigenvalue weighted by molar-refractivity contribution is 5.92. The van der Waals surface area contributed by atoms with Crippen molar-refractivity contribution in [1.29, 1.82) is 0 Å². The normalized spacial score (nSPS) is 18.7. The molecule has 0 spiro atoms. The highest BCUT2D eigenvalue weighted by Gasteiger charge is 2.27. The van der Waals surface area contributed by atoms with Crippen molar-refractivity contribution >= 4 is 5.91 Å². The van der Waals surface area contributed by atoms with Gasteiger partial charge in [-0.25, -0.2) is 15.0 Å². The van der Waals surface area contributed by atoms with E-state index in [0.717, 1.165) is 48.3 Å². The molecular weight excluding hydrogens is 402 g/mol. The number of nitrogens with zero attached hydrogens (tertiary/aromatic N) is 4. The minimum absolute atomic E-state index is 0.178. The first-order valence-electron chi connectivity index (χ1n) is 11.4. The van der Waals surface area contributed by atoms with Crippen LogP contribution in [-0.4, -0.2) is 32.4 Å². The van der Waals surface area contributed by atoms with Gasteiger partial charge in [0, 0.05) is 49.5 Å². The van der Waals surface area contributed by atoms with Crippen LogP contribution in [0.2, 0.25) is 0 Å². The molecule has 0 radical (unpaired) electrons. The van der Waals surface area contributed by atoms with Gasteiger partial charge in [0.15, 0.2) is 5.89 Å². The lowest BCUT2D eigenvalue weighted by molar-refractivity contribution is 0.0913. The summed E-state index contributed by atoms with van der Waals surface area (Å²) < 4.78 is 5.43. The molecule has 0 aromatic carbocycles. The maximum Gasteiger partial charge on any atom is 0.289 e. The smallest absolute Gasteiger partial charge is 0.289 e. The van der Waals surface area contributed by atoms with Gasteiger partial charge >= 0.3 is 0 Å². The van der Waals surface area contributed by atoms with Crippen molar-refractivity contribution in [3.05, 3.63) is 59.6 Å². The van der Waals surface area contributed by atoms with Gasteiger partial charge < -0.3 is 9.73 Å². The number of nitrogens with one attached hydrogen (secondary N) is 1. The van der Waals surface area contributed by atoms with Crippen LogP contribution in [0.4, 0.5) is 0 Å². The average molecular weight is 434 g/mol. The van der Waals surface area contributed by atoms with Gasteiger partial charge in [0.1, 0.15) is 5.82 Å². The number of pyridine rings is 1. The molecule has 1 N–H and O–H groups in total. The molecule has 0 unspecified atom stereocenters. The molecule has 0 bridgehead atoms. The molecular formula is C25H31N5O2. The van der Waals surface area contributed by atoms with Crippen molar-refractivity contribution in [3.8, 4) is 11.1 Å². The van der Waals surface area contributed by atoms with Crippen LogP contribution >= 0.6 is 0 Å². The van der Waals surface area contributed by atoms with E-state index in [0.29, 0.717) is 35.7 Å². The molecule has 4 rings (SSSR count). The number of rotatable bonds is 6. The Balaban J connectivity index is 1.43. The second kappa shape index (κ2) is 9.59. The van der Waals surface area contributed by atoms with Gasteiger partial charge in [-0.3, -0.25) is 9.78 Å². The van der Waals surface area contributed by atoms with Gasteiger partial charge in [-0.2, -0.15) is 0 Å². The molecule has 7 heteroatoms. The summed E-state index contributed by atoms with van der Waals surface area (Å²) in [5.41, 5.74) is 3.99. The maximum absolute atomic E-state index is 12.4. The van der Waals surface area contributed by atoms with Crippen LogP contribution in [0.25, 0.3) is 11.1 Å². The summed E-state index contributed by atoms with van der Waals surface area (Å²) in [5.74, 6) is 2.69. The van der Waals surface area contributed by atoms with Crippen molar-refractivity contribution in [2.45, 2.75) is 65.2 Å². The van der Waals surface area contributed by atoms with Crippen molar-refractivity contribution < 1.29 is 9.21 Å². The summed E-state index contributed by atoms with van der Waals surface area (Å²) in [6, 6.07) is 4.04. The number of hydrogen-bond acceptors (Lipinski definition) is 6. The lowest BCUT2D eigenvalue weighted by Crippen LogP contribution is -2.31. The molecule has 0 atom stereocenters. The van der Waals surface area contributed by atoms with Crippen molar-refractivity contribution in [3.63, 3.8) is 0 Å². The van der Waals surface area contributed by atoms with Crippen molar-refractivity contribution in [2.24, 2.45) is 5.92 Å². The standard InChI is InChI=1S/C25H31N5O2/c1-15(2)24-27-14-21(19-9-11-26-12-10-19)22(30-24)20-7-5-18(6-8-20)13-28-25(31)23-16(3)29-17(4)32-23/h9-12,14-15,18,20H,5-8,13H2,1-4H3,(H,28,31). The van der Waals surface area contributed by atoms with Crippen LogP contribution in [0.1, 0.15) is 85.0 Å².